The van der Waals surface area contributed by atoms with Gasteiger partial charge in [0.25, 0.3) is 11.8 Å². The van der Waals surface area contributed by atoms with Crippen molar-refractivity contribution in [2.75, 3.05) is 70.8 Å². The first-order valence-corrected chi connectivity index (χ1v) is 30.6. The largest absolute Gasteiger partial charge is 0.385 e. The van der Waals surface area contributed by atoms with Crippen LogP contribution in [0.2, 0.25) is 30.7 Å². The molecule has 16 nitrogen and oxygen atoms in total. The van der Waals surface area contributed by atoms with Gasteiger partial charge in [0.15, 0.2) is 5.82 Å². The number of aromatic nitrogens is 8. The van der Waals surface area contributed by atoms with Crippen molar-refractivity contribution < 1.29 is 14.3 Å². The van der Waals surface area contributed by atoms with Crippen molar-refractivity contribution in [3.63, 3.8) is 0 Å². The molecule has 0 unspecified atom stereocenters. The van der Waals surface area contributed by atoms with Gasteiger partial charge in [-0.25, -0.2) is 19.9 Å². The Morgan fingerprint density at radius 1 is 0.689 bits per heavy atom. The van der Waals surface area contributed by atoms with Gasteiger partial charge in [-0.05, 0) is 139 Å². The van der Waals surface area contributed by atoms with Gasteiger partial charge >= 0.3 is 0 Å². The second-order valence-electron chi connectivity index (χ2n) is 20.6. The summed E-state index contributed by atoms with van der Waals surface area (Å²) in [6, 6.07) is 20.6. The van der Waals surface area contributed by atoms with Crippen molar-refractivity contribution in [3.05, 3.63) is 102 Å². The number of nitrogens with one attached hydrogen (secondary N) is 4. The Kier molecular flexibility index (Phi) is 17.6. The fourth-order valence-corrected chi connectivity index (χ4v) is 10.7. The van der Waals surface area contributed by atoms with Crippen LogP contribution in [-0.4, -0.2) is 135 Å². The third-order valence-corrected chi connectivity index (χ3v) is 15.8. The Labute approximate surface area is 439 Å². The summed E-state index contributed by atoms with van der Waals surface area (Å²) in [5.41, 5.74) is 9.27. The average Bonchev–Trinajstić information content (AvgIpc) is 4.02. The maximum Gasteiger partial charge on any atom is 0.287 e. The van der Waals surface area contributed by atoms with Crippen LogP contribution in [0.15, 0.2) is 85.5 Å². The zero-order valence-electron chi connectivity index (χ0n) is 43.4. The summed E-state index contributed by atoms with van der Waals surface area (Å²) in [4.78, 5) is 61.4. The van der Waals surface area contributed by atoms with Gasteiger partial charge in [0.2, 0.25) is 5.82 Å². The summed E-state index contributed by atoms with van der Waals surface area (Å²) in [6.07, 6.45) is 16.7. The van der Waals surface area contributed by atoms with Gasteiger partial charge in [-0.3, -0.25) is 24.1 Å². The average molecular weight is 1040 g/mol. The molecular formula is C56H70ClN13O3Si. The SMILES string of the molecule is CCNc1cc(-c2ccc3nc(C(=O)NCCCN4CCCCC4)[nH]c3c2)nc2ccncc12.C[Si](C)(C)CCOCn1c(C(=O)NCCCN2CCCCC2)nc2cc(-c3cc(Cl)c4cnccc4n3)ccc21. The molecule has 0 atom stereocenters. The minimum absolute atomic E-state index is 0.165. The number of anilines is 1. The topological polar surface area (TPSA) is 184 Å². The van der Waals surface area contributed by atoms with Crippen LogP contribution in [0.1, 0.15) is 79.5 Å². The number of amides is 2. The van der Waals surface area contributed by atoms with Crippen molar-refractivity contribution in [2.45, 2.75) is 90.7 Å². The normalized spacial score (nSPS) is 14.6. The van der Waals surface area contributed by atoms with Crippen LogP contribution >= 0.6 is 11.6 Å². The van der Waals surface area contributed by atoms with E-state index in [2.05, 4.69) is 72.3 Å². The fourth-order valence-electron chi connectivity index (χ4n) is 9.67. The number of pyridine rings is 4. The zero-order chi connectivity index (χ0) is 51.4. The molecule has 0 bridgehead atoms. The van der Waals surface area contributed by atoms with E-state index in [0.717, 1.165) is 124 Å². The van der Waals surface area contributed by atoms with Crippen LogP contribution in [0.3, 0.4) is 0 Å². The van der Waals surface area contributed by atoms with Gasteiger partial charge in [-0.1, -0.05) is 56.2 Å². The Morgan fingerprint density at radius 2 is 1.31 bits per heavy atom. The summed E-state index contributed by atoms with van der Waals surface area (Å²) in [6.45, 7) is 18.8. The number of ether oxygens (including phenoxy) is 1. The van der Waals surface area contributed by atoms with Crippen molar-refractivity contribution >= 4 is 81.0 Å². The smallest absolute Gasteiger partial charge is 0.287 e. The Hall–Kier alpha value is -6.37. The Morgan fingerprint density at radius 3 is 1.99 bits per heavy atom. The second kappa shape index (κ2) is 24.8. The number of carbonyl (C=O) groups is 2. The van der Waals surface area contributed by atoms with Gasteiger partial charge in [0, 0.05) is 86.7 Å². The quantitative estimate of drug-likeness (QED) is 0.0445. The molecule has 2 amide bonds. The maximum atomic E-state index is 13.3. The number of likely N-dealkylation sites (tertiary alicyclic amines) is 2. The lowest BCUT2D eigenvalue weighted by Gasteiger charge is -2.26. The van der Waals surface area contributed by atoms with Crippen molar-refractivity contribution in [1.82, 2.24) is 59.9 Å². The number of fused-ring (bicyclic) bond motifs is 4. The molecule has 0 spiro atoms. The second-order valence-corrected chi connectivity index (χ2v) is 26.6. The molecule has 18 heteroatoms. The van der Waals surface area contributed by atoms with Crippen LogP contribution in [-0.2, 0) is 11.5 Å². The van der Waals surface area contributed by atoms with Crippen molar-refractivity contribution in [3.8, 4) is 22.5 Å². The van der Waals surface area contributed by atoms with E-state index in [1.807, 2.05) is 71.4 Å². The van der Waals surface area contributed by atoms with Gasteiger partial charge < -0.3 is 35.5 Å². The van der Waals surface area contributed by atoms with E-state index in [1.165, 1.54) is 51.6 Å². The minimum Gasteiger partial charge on any atom is -0.385 e. The molecule has 8 aromatic rings. The fraction of sp³-hybridized carbons (Fsp3) is 0.429. The summed E-state index contributed by atoms with van der Waals surface area (Å²) in [5, 5.41) is 11.9. The van der Waals surface area contributed by atoms with Crippen LogP contribution in [0.5, 0.6) is 0 Å². The molecule has 2 saturated heterocycles. The molecular weight excluding hydrogens is 966 g/mol. The van der Waals surface area contributed by atoms with Crippen LogP contribution in [0.4, 0.5) is 5.69 Å². The lowest BCUT2D eigenvalue weighted by molar-refractivity contribution is 0.0801. The maximum absolute atomic E-state index is 13.3. The standard InChI is InChI=1S/C30H39ClN6O2Si.C26H31N7O/c1-40(2,3)17-16-39-21-37-28-9-8-22(26-19-24(31)23-20-32-12-10-25(23)34-26)18-27(28)35-29(37)30(38)33-11-7-15-36-13-5-4-6-14-36;1-2-28-23-16-22(30-20-9-11-27-17-19(20)23)18-7-8-21-24(15-18)32-25(31-21)26(34)29-10-6-14-33-12-4-3-5-13-33/h8-10,12,18-20H,4-7,11,13-17,21H2,1-3H3,(H,33,38);7-9,11,15-17H,2-6,10,12-14H2,1H3,(H,28,30)(H,29,34)(H,31,32). The predicted octanol–water partition coefficient (Wildman–Crippen LogP) is 10.4. The molecule has 2 aromatic carbocycles. The molecule has 0 saturated carbocycles. The Bertz CT molecular complexity index is 3200. The number of benzene rings is 2. The number of nitrogens with zero attached hydrogens (tertiary/aromatic N) is 9. The first kappa shape index (κ1) is 52.5. The molecule has 0 radical (unpaired) electrons. The third-order valence-electron chi connectivity index (χ3n) is 13.8. The number of carbonyl (C=O) groups excluding carboxylic acids is 2. The van der Waals surface area contributed by atoms with E-state index in [1.54, 1.807) is 18.6 Å². The van der Waals surface area contributed by atoms with Gasteiger partial charge in [0.1, 0.15) is 6.73 Å². The molecule has 2 aliphatic rings. The molecule has 4 N–H and O–H groups in total. The van der Waals surface area contributed by atoms with Crippen LogP contribution < -0.4 is 16.0 Å². The van der Waals surface area contributed by atoms with Gasteiger partial charge in [-0.15, -0.1) is 0 Å². The van der Waals surface area contributed by atoms with E-state index in [-0.39, 0.29) is 18.5 Å². The van der Waals surface area contributed by atoms with E-state index < -0.39 is 8.07 Å². The highest BCUT2D eigenvalue weighted by atomic mass is 35.5. The Balaban J connectivity index is 0.000000184. The lowest BCUT2D eigenvalue weighted by Crippen LogP contribution is -2.34. The number of piperidine rings is 2. The van der Waals surface area contributed by atoms with E-state index in [0.29, 0.717) is 36.4 Å². The summed E-state index contributed by atoms with van der Waals surface area (Å²) in [7, 11) is -1.23. The number of hydrogen-bond acceptors (Lipinski definition) is 12. The number of hydrogen-bond donors (Lipinski definition) is 4. The first-order valence-electron chi connectivity index (χ1n) is 26.5. The predicted molar refractivity (Wildman–Crippen MR) is 301 cm³/mol. The molecule has 388 valence electrons. The van der Waals surface area contributed by atoms with Crippen LogP contribution in [0.25, 0.3) is 66.4 Å². The zero-order valence-corrected chi connectivity index (χ0v) is 45.1. The summed E-state index contributed by atoms with van der Waals surface area (Å²) >= 11 is 6.54. The first-order chi connectivity index (χ1) is 36.0. The highest BCUT2D eigenvalue weighted by molar-refractivity contribution is 6.76. The lowest BCUT2D eigenvalue weighted by atomic mass is 10.1. The van der Waals surface area contributed by atoms with Crippen molar-refractivity contribution in [1.29, 1.82) is 0 Å². The number of H-pyrrole nitrogens is 1. The molecule has 2 fully saturated rings. The number of aromatic amines is 1. The number of imidazole rings is 2. The van der Waals surface area contributed by atoms with Gasteiger partial charge in [-0.2, -0.15) is 0 Å². The summed E-state index contributed by atoms with van der Waals surface area (Å²) < 4.78 is 7.96. The monoisotopic (exact) mass is 1040 g/mol. The van der Waals surface area contributed by atoms with E-state index >= 15 is 0 Å². The highest BCUT2D eigenvalue weighted by Gasteiger charge is 2.21. The highest BCUT2D eigenvalue weighted by Crippen LogP contribution is 2.31. The molecule has 2 aliphatic heterocycles. The molecule has 8 heterocycles. The molecule has 0 aliphatic carbocycles. The minimum atomic E-state index is -1.23. The molecule has 10 rings (SSSR count). The number of rotatable bonds is 19. The third kappa shape index (κ3) is 13.5. The number of halogens is 1. The molecule has 74 heavy (non-hydrogen) atoms. The van der Waals surface area contributed by atoms with E-state index in [4.69, 9.17) is 31.3 Å². The summed E-state index contributed by atoms with van der Waals surface area (Å²) in [5.74, 6) is 0.372. The van der Waals surface area contributed by atoms with Crippen molar-refractivity contribution in [2.24, 2.45) is 0 Å². The van der Waals surface area contributed by atoms with Gasteiger partial charge in [0.05, 0.1) is 49.5 Å². The molecule has 6 aromatic heterocycles. The van der Waals surface area contributed by atoms with E-state index in [9.17, 15) is 9.59 Å². The van der Waals surface area contributed by atoms with Crippen LogP contribution in [0, 0.1) is 0 Å².